The van der Waals surface area contributed by atoms with Crippen molar-refractivity contribution in [1.82, 2.24) is 5.29 Å². The second-order valence-corrected chi connectivity index (χ2v) is 1.46. The van der Waals surface area contributed by atoms with Crippen LogP contribution in [0.3, 0.4) is 0 Å². The van der Waals surface area contributed by atoms with Gasteiger partial charge in [-0.15, -0.1) is 0 Å². The molecule has 0 bridgehead atoms. The smallest absolute Gasteiger partial charge is 0.348 e. The molecule has 0 rings (SSSR count). The van der Waals surface area contributed by atoms with E-state index in [-0.39, 0.29) is 13.0 Å². The topological polar surface area (TPSA) is 55.6 Å². The number of carbonyl (C=O) groups is 1. The van der Waals surface area contributed by atoms with E-state index in [0.29, 0.717) is 0 Å². The highest BCUT2D eigenvalue weighted by Crippen LogP contribution is 1.91. The van der Waals surface area contributed by atoms with Gasteiger partial charge in [-0.2, -0.15) is 0 Å². The van der Waals surface area contributed by atoms with Crippen molar-refractivity contribution in [2.75, 3.05) is 13.3 Å². The van der Waals surface area contributed by atoms with Crippen LogP contribution < -0.4 is 5.73 Å². The van der Waals surface area contributed by atoms with Crippen LogP contribution in [0.1, 0.15) is 6.42 Å². The van der Waals surface area contributed by atoms with Crippen LogP contribution in [0.5, 0.6) is 0 Å². The SMILES string of the molecule is NC(=O)N(F)OCCCF. The van der Waals surface area contributed by atoms with Gasteiger partial charge in [0.2, 0.25) is 0 Å². The van der Waals surface area contributed by atoms with Gasteiger partial charge in [0.05, 0.1) is 13.3 Å². The van der Waals surface area contributed by atoms with Gasteiger partial charge >= 0.3 is 6.03 Å². The molecule has 10 heavy (non-hydrogen) atoms. The third kappa shape index (κ3) is 4.02. The van der Waals surface area contributed by atoms with Crippen LogP contribution in [0.25, 0.3) is 0 Å². The molecule has 0 aromatic heterocycles. The Bertz CT molecular complexity index is 111. The van der Waals surface area contributed by atoms with Crippen molar-refractivity contribution >= 4 is 6.03 Å². The zero-order chi connectivity index (χ0) is 7.98. The summed E-state index contributed by atoms with van der Waals surface area (Å²) in [7, 11) is 0. The van der Waals surface area contributed by atoms with Crippen molar-refractivity contribution in [3.8, 4) is 0 Å². The first-order valence-corrected chi connectivity index (χ1v) is 2.62. The second kappa shape index (κ2) is 4.92. The number of carbonyl (C=O) groups excluding carboxylic acids is 1. The van der Waals surface area contributed by atoms with Gasteiger partial charge in [-0.3, -0.25) is 4.39 Å². The molecule has 0 heterocycles. The Labute approximate surface area is 56.4 Å². The Hall–Kier alpha value is -0.910. The van der Waals surface area contributed by atoms with E-state index in [1.54, 1.807) is 0 Å². The summed E-state index contributed by atoms with van der Waals surface area (Å²) in [5, 5.41) is -0.629. The minimum Gasteiger partial charge on any atom is -0.348 e. The van der Waals surface area contributed by atoms with E-state index >= 15 is 0 Å². The normalized spacial score (nSPS) is 9.40. The molecule has 2 N–H and O–H groups in total. The lowest BCUT2D eigenvalue weighted by Gasteiger charge is -2.06. The minimum atomic E-state index is -1.35. The Morgan fingerprint density at radius 1 is 1.70 bits per heavy atom. The average molecular weight is 154 g/mol. The predicted octanol–water partition coefficient (Wildman–Crippen LogP) is 0.543. The third-order valence-electron chi connectivity index (χ3n) is 0.656. The molecule has 0 aromatic carbocycles. The molecule has 0 radical (unpaired) electrons. The average Bonchev–Trinajstić information content (AvgIpc) is 1.88. The summed E-state index contributed by atoms with van der Waals surface area (Å²) in [4.78, 5) is 13.8. The molecule has 4 nitrogen and oxygen atoms in total. The Kier molecular flexibility index (Phi) is 4.47. The summed E-state index contributed by atoms with van der Waals surface area (Å²) < 4.78 is 23.2. The lowest BCUT2D eigenvalue weighted by atomic mass is 10.5. The van der Waals surface area contributed by atoms with Crippen molar-refractivity contribution in [2.24, 2.45) is 5.73 Å². The van der Waals surface area contributed by atoms with E-state index in [4.69, 9.17) is 0 Å². The van der Waals surface area contributed by atoms with E-state index in [2.05, 4.69) is 10.6 Å². The lowest BCUT2D eigenvalue weighted by Crippen LogP contribution is -2.29. The van der Waals surface area contributed by atoms with E-state index in [1.165, 1.54) is 0 Å². The monoisotopic (exact) mass is 154 g/mol. The number of alkyl halides is 1. The van der Waals surface area contributed by atoms with Crippen molar-refractivity contribution < 1.29 is 18.5 Å². The number of hydroxylamine groups is 1. The van der Waals surface area contributed by atoms with Crippen LogP contribution in [0.4, 0.5) is 13.7 Å². The lowest BCUT2D eigenvalue weighted by molar-refractivity contribution is -0.233. The number of urea groups is 1. The molecule has 0 unspecified atom stereocenters. The molecular formula is C4H8F2N2O2. The van der Waals surface area contributed by atoms with Crippen LogP contribution in [-0.4, -0.2) is 24.6 Å². The van der Waals surface area contributed by atoms with Crippen molar-refractivity contribution in [3.63, 3.8) is 0 Å². The first-order chi connectivity index (χ1) is 4.68. The number of primary amides is 1. The third-order valence-corrected chi connectivity index (χ3v) is 0.656. The number of nitrogens with two attached hydrogens (primary N) is 1. The maximum absolute atomic E-state index is 11.9. The molecule has 0 aliphatic heterocycles. The molecule has 0 saturated carbocycles. The molecule has 0 spiro atoms. The van der Waals surface area contributed by atoms with Crippen LogP contribution in [0, 0.1) is 0 Å². The largest absolute Gasteiger partial charge is 0.368 e. The highest BCUT2D eigenvalue weighted by atomic mass is 19.2. The van der Waals surface area contributed by atoms with Crippen molar-refractivity contribution in [2.45, 2.75) is 6.42 Å². The number of hydrogen-bond donors (Lipinski definition) is 1. The maximum Gasteiger partial charge on any atom is 0.368 e. The molecule has 0 saturated heterocycles. The van der Waals surface area contributed by atoms with Crippen LogP contribution in [0.2, 0.25) is 0 Å². The quantitative estimate of drug-likeness (QED) is 0.365. The zero-order valence-corrected chi connectivity index (χ0v) is 5.22. The molecule has 0 aliphatic rings. The summed E-state index contributed by atoms with van der Waals surface area (Å²) in [6.45, 7) is -0.817. The highest BCUT2D eigenvalue weighted by molar-refractivity contribution is 5.69. The van der Waals surface area contributed by atoms with Crippen LogP contribution in [-0.2, 0) is 4.84 Å². The highest BCUT2D eigenvalue weighted by Gasteiger charge is 2.06. The molecule has 6 heteroatoms. The van der Waals surface area contributed by atoms with Crippen molar-refractivity contribution in [1.29, 1.82) is 0 Å². The first-order valence-electron chi connectivity index (χ1n) is 2.62. The first kappa shape index (κ1) is 9.09. The Morgan fingerprint density at radius 2 is 2.30 bits per heavy atom. The minimum absolute atomic E-state index is 0.0354. The number of hydrogen-bond acceptors (Lipinski definition) is 2. The molecular weight excluding hydrogens is 146 g/mol. The van der Waals surface area contributed by atoms with E-state index in [1.807, 2.05) is 0 Å². The van der Waals surface area contributed by atoms with Crippen LogP contribution in [0.15, 0.2) is 0 Å². The van der Waals surface area contributed by atoms with Gasteiger partial charge < -0.3 is 5.73 Å². The number of rotatable bonds is 4. The van der Waals surface area contributed by atoms with Gasteiger partial charge in [0.25, 0.3) is 0 Å². The second-order valence-electron chi connectivity index (χ2n) is 1.46. The van der Waals surface area contributed by atoms with Gasteiger partial charge in [0, 0.05) is 6.42 Å². The molecule has 0 fully saturated rings. The molecule has 0 aliphatic carbocycles. The number of nitrogens with zero attached hydrogens (tertiary/aromatic N) is 1. The fourth-order valence-electron chi connectivity index (χ4n) is 0.263. The van der Waals surface area contributed by atoms with Gasteiger partial charge in [0.15, 0.2) is 0 Å². The summed E-state index contributed by atoms with van der Waals surface area (Å²) >= 11 is 0. The fourth-order valence-corrected chi connectivity index (χ4v) is 0.263. The zero-order valence-electron chi connectivity index (χ0n) is 5.22. The van der Waals surface area contributed by atoms with Gasteiger partial charge in [-0.1, -0.05) is 4.48 Å². The van der Waals surface area contributed by atoms with E-state index in [0.717, 1.165) is 0 Å². The van der Waals surface area contributed by atoms with Gasteiger partial charge in [0.1, 0.15) is 0 Å². The van der Waals surface area contributed by atoms with Gasteiger partial charge in [-0.25, -0.2) is 9.63 Å². The standard InChI is InChI=1S/C4H8F2N2O2/c5-2-1-3-10-8(6)4(7)9/h1-3H2,(H2,7,9). The molecule has 0 aromatic rings. The van der Waals surface area contributed by atoms with Crippen molar-refractivity contribution in [3.05, 3.63) is 0 Å². The molecule has 2 amide bonds. The molecule has 60 valence electrons. The Balaban J connectivity index is 3.21. The Morgan fingerprint density at radius 3 is 2.70 bits per heavy atom. The van der Waals surface area contributed by atoms with E-state index < -0.39 is 18.0 Å². The van der Waals surface area contributed by atoms with E-state index in [9.17, 15) is 13.7 Å². The predicted molar refractivity (Wildman–Crippen MR) is 29.1 cm³/mol. The summed E-state index contributed by atoms with van der Waals surface area (Å²) in [5.41, 5.74) is 4.41. The fraction of sp³-hybridized carbons (Fsp3) is 0.750. The van der Waals surface area contributed by atoms with Crippen LogP contribution >= 0.6 is 0 Å². The number of halogens is 2. The van der Waals surface area contributed by atoms with Gasteiger partial charge in [-0.05, 0) is 5.29 Å². The molecule has 0 atom stereocenters. The summed E-state index contributed by atoms with van der Waals surface area (Å²) in [6.07, 6.45) is 0.0354. The maximum atomic E-state index is 11.9. The number of amides is 2. The summed E-state index contributed by atoms with van der Waals surface area (Å²) in [5.74, 6) is 0. The summed E-state index contributed by atoms with van der Waals surface area (Å²) in [6, 6.07) is -1.35.